The number of anilines is 3. The lowest BCUT2D eigenvalue weighted by molar-refractivity contribution is -0.122. The van der Waals surface area contributed by atoms with E-state index in [1.807, 2.05) is 11.8 Å². The lowest BCUT2D eigenvalue weighted by atomic mass is 10.1. The number of amides is 1. The van der Waals surface area contributed by atoms with Gasteiger partial charge < -0.3 is 20.9 Å². The van der Waals surface area contributed by atoms with Crippen LogP contribution in [0.1, 0.15) is 26.2 Å². The highest BCUT2D eigenvalue weighted by molar-refractivity contribution is 5.85. The van der Waals surface area contributed by atoms with E-state index in [1.165, 1.54) is 6.42 Å². The summed E-state index contributed by atoms with van der Waals surface area (Å²) in [5.74, 6) is 1.30. The molecule has 21 heavy (non-hydrogen) atoms. The molecular weight excluding hydrogens is 270 g/mol. The number of piperidine rings is 1. The van der Waals surface area contributed by atoms with Gasteiger partial charge in [0.05, 0.1) is 0 Å². The van der Waals surface area contributed by atoms with Gasteiger partial charge in [0, 0.05) is 26.2 Å². The van der Waals surface area contributed by atoms with Crippen molar-refractivity contribution in [2.75, 3.05) is 41.7 Å². The molecule has 1 aromatic heterocycles. The molecule has 8 nitrogen and oxygen atoms in total. The largest absolute Gasteiger partial charge is 0.368 e. The molecule has 2 aliphatic rings. The van der Waals surface area contributed by atoms with Gasteiger partial charge in [0.1, 0.15) is 6.04 Å². The maximum Gasteiger partial charge on any atom is 0.242 e. The number of piperazine rings is 1. The topological polar surface area (TPSA) is 100 Å². The van der Waals surface area contributed by atoms with Gasteiger partial charge >= 0.3 is 0 Å². The van der Waals surface area contributed by atoms with Gasteiger partial charge in [-0.1, -0.05) is 0 Å². The van der Waals surface area contributed by atoms with Gasteiger partial charge in [0.2, 0.25) is 23.8 Å². The molecule has 0 radical (unpaired) electrons. The Kier molecular flexibility index (Phi) is 3.76. The minimum atomic E-state index is -0.297. The number of nitrogens with one attached hydrogen (secondary N) is 1. The van der Waals surface area contributed by atoms with Crippen molar-refractivity contribution in [3.63, 3.8) is 0 Å². The summed E-state index contributed by atoms with van der Waals surface area (Å²) in [4.78, 5) is 28.8. The van der Waals surface area contributed by atoms with Crippen LogP contribution in [0, 0.1) is 0 Å². The van der Waals surface area contributed by atoms with Crippen molar-refractivity contribution in [1.82, 2.24) is 20.3 Å². The van der Waals surface area contributed by atoms with Crippen molar-refractivity contribution in [3.05, 3.63) is 0 Å². The fraction of sp³-hybridized carbons (Fsp3) is 0.692. The van der Waals surface area contributed by atoms with Crippen LogP contribution in [0.5, 0.6) is 0 Å². The lowest BCUT2D eigenvalue weighted by Crippen LogP contribution is -2.54. The minimum Gasteiger partial charge on any atom is -0.368 e. The van der Waals surface area contributed by atoms with E-state index in [9.17, 15) is 4.79 Å². The second-order valence-electron chi connectivity index (χ2n) is 5.50. The fourth-order valence-corrected chi connectivity index (χ4v) is 2.79. The molecule has 1 aromatic rings. The highest BCUT2D eigenvalue weighted by Gasteiger charge is 2.28. The summed E-state index contributed by atoms with van der Waals surface area (Å²) in [5, 5.41) is 2.83. The maximum atomic E-state index is 11.8. The number of nitrogen functional groups attached to an aromatic ring is 1. The number of carbonyl (C=O) groups excluding carboxylic acids is 1. The third kappa shape index (κ3) is 2.84. The zero-order valence-corrected chi connectivity index (χ0v) is 12.2. The van der Waals surface area contributed by atoms with Crippen molar-refractivity contribution in [2.45, 2.75) is 32.2 Å². The van der Waals surface area contributed by atoms with Gasteiger partial charge in [0.25, 0.3) is 0 Å². The van der Waals surface area contributed by atoms with Crippen LogP contribution in [0.2, 0.25) is 0 Å². The first-order valence-corrected chi connectivity index (χ1v) is 7.46. The smallest absolute Gasteiger partial charge is 0.242 e. The summed E-state index contributed by atoms with van der Waals surface area (Å²) >= 11 is 0. The molecular formula is C13H21N7O. The summed E-state index contributed by atoms with van der Waals surface area (Å²) in [5.41, 5.74) is 5.84. The monoisotopic (exact) mass is 291 g/mol. The molecule has 2 fully saturated rings. The predicted molar refractivity (Wildman–Crippen MR) is 80.1 cm³/mol. The van der Waals surface area contributed by atoms with E-state index >= 15 is 0 Å². The molecule has 2 saturated heterocycles. The Morgan fingerprint density at radius 3 is 2.57 bits per heavy atom. The summed E-state index contributed by atoms with van der Waals surface area (Å²) in [6.07, 6.45) is 3.53. The molecule has 0 bridgehead atoms. The van der Waals surface area contributed by atoms with E-state index < -0.39 is 0 Å². The standard InChI is InChI=1S/C13H21N7O/c1-9-10(21)15-5-8-20(9)13-17-11(14)16-12(18-13)19-6-3-2-4-7-19/h9H,2-8H2,1H3,(H,15,21)(H2,14,16,17,18). The Bertz CT molecular complexity index is 529. The fourth-order valence-electron chi connectivity index (χ4n) is 2.79. The number of aromatic nitrogens is 3. The second kappa shape index (κ2) is 5.71. The highest BCUT2D eigenvalue weighted by Crippen LogP contribution is 2.21. The average Bonchev–Trinajstić information content (AvgIpc) is 2.50. The Morgan fingerprint density at radius 2 is 1.81 bits per heavy atom. The number of nitrogens with two attached hydrogens (primary N) is 1. The van der Waals surface area contributed by atoms with Gasteiger partial charge in [0.15, 0.2) is 0 Å². The number of carbonyl (C=O) groups is 1. The van der Waals surface area contributed by atoms with Crippen molar-refractivity contribution < 1.29 is 4.79 Å². The molecule has 3 heterocycles. The SMILES string of the molecule is CC1C(=O)NCCN1c1nc(N)nc(N2CCCCC2)n1. The summed E-state index contributed by atoms with van der Waals surface area (Å²) in [7, 11) is 0. The number of hydrogen-bond donors (Lipinski definition) is 2. The van der Waals surface area contributed by atoms with Gasteiger partial charge in [-0.15, -0.1) is 0 Å². The Hall–Kier alpha value is -2.12. The lowest BCUT2D eigenvalue weighted by Gasteiger charge is -2.33. The first kappa shape index (κ1) is 13.8. The maximum absolute atomic E-state index is 11.8. The van der Waals surface area contributed by atoms with E-state index in [2.05, 4.69) is 25.2 Å². The number of rotatable bonds is 2. The molecule has 1 amide bonds. The minimum absolute atomic E-state index is 0.0141. The van der Waals surface area contributed by atoms with Crippen LogP contribution in [0.25, 0.3) is 0 Å². The van der Waals surface area contributed by atoms with Crippen molar-refractivity contribution in [2.24, 2.45) is 0 Å². The van der Waals surface area contributed by atoms with E-state index in [-0.39, 0.29) is 17.9 Å². The molecule has 3 rings (SSSR count). The molecule has 114 valence electrons. The zero-order valence-electron chi connectivity index (χ0n) is 12.2. The first-order chi connectivity index (χ1) is 10.1. The van der Waals surface area contributed by atoms with E-state index in [0.29, 0.717) is 25.0 Å². The quantitative estimate of drug-likeness (QED) is 0.776. The van der Waals surface area contributed by atoms with Gasteiger partial charge in [-0.2, -0.15) is 15.0 Å². The van der Waals surface area contributed by atoms with Crippen LogP contribution in [0.15, 0.2) is 0 Å². The van der Waals surface area contributed by atoms with Gasteiger partial charge in [-0.05, 0) is 26.2 Å². The molecule has 1 unspecified atom stereocenters. The van der Waals surface area contributed by atoms with E-state index in [1.54, 1.807) is 0 Å². The summed E-state index contributed by atoms with van der Waals surface area (Å²) in [6, 6.07) is -0.297. The Labute approximate surface area is 123 Å². The zero-order chi connectivity index (χ0) is 14.8. The molecule has 0 spiro atoms. The average molecular weight is 291 g/mol. The van der Waals surface area contributed by atoms with Crippen LogP contribution in [0.3, 0.4) is 0 Å². The van der Waals surface area contributed by atoms with Gasteiger partial charge in [-0.3, -0.25) is 4.79 Å². The molecule has 0 saturated carbocycles. The predicted octanol–water partition coefficient (Wildman–Crippen LogP) is -0.231. The van der Waals surface area contributed by atoms with Crippen LogP contribution < -0.4 is 20.9 Å². The van der Waals surface area contributed by atoms with Crippen molar-refractivity contribution >= 4 is 23.8 Å². The first-order valence-electron chi connectivity index (χ1n) is 7.46. The summed E-state index contributed by atoms with van der Waals surface area (Å²) < 4.78 is 0. The van der Waals surface area contributed by atoms with Gasteiger partial charge in [-0.25, -0.2) is 0 Å². The van der Waals surface area contributed by atoms with Crippen LogP contribution >= 0.6 is 0 Å². The van der Waals surface area contributed by atoms with Crippen LogP contribution in [-0.2, 0) is 4.79 Å². The molecule has 0 aromatic carbocycles. The molecule has 0 aliphatic carbocycles. The van der Waals surface area contributed by atoms with E-state index in [0.717, 1.165) is 25.9 Å². The molecule has 8 heteroatoms. The molecule has 1 atom stereocenters. The molecule has 2 aliphatic heterocycles. The van der Waals surface area contributed by atoms with Crippen LogP contribution in [-0.4, -0.2) is 53.1 Å². The van der Waals surface area contributed by atoms with Crippen molar-refractivity contribution in [1.29, 1.82) is 0 Å². The third-order valence-corrected chi connectivity index (χ3v) is 4.02. The third-order valence-electron chi connectivity index (χ3n) is 4.02. The summed E-state index contributed by atoms with van der Waals surface area (Å²) in [6.45, 7) is 5.00. The number of hydrogen-bond acceptors (Lipinski definition) is 7. The Morgan fingerprint density at radius 1 is 1.10 bits per heavy atom. The van der Waals surface area contributed by atoms with E-state index in [4.69, 9.17) is 5.73 Å². The van der Waals surface area contributed by atoms with Crippen molar-refractivity contribution in [3.8, 4) is 0 Å². The molecule has 3 N–H and O–H groups in total. The van der Waals surface area contributed by atoms with Crippen LogP contribution in [0.4, 0.5) is 17.8 Å². The second-order valence-corrected chi connectivity index (χ2v) is 5.50. The highest BCUT2D eigenvalue weighted by atomic mass is 16.2. The Balaban J connectivity index is 1.88. The normalized spacial score (nSPS) is 23.1. The number of nitrogens with zero attached hydrogens (tertiary/aromatic N) is 5.